The number of aliphatic imine (C=N–C) groups is 1. The van der Waals surface area contributed by atoms with E-state index in [1.807, 2.05) is 18.2 Å². The minimum Gasteiger partial charge on any atom is -0.508 e. The third kappa shape index (κ3) is 3.85. The summed E-state index contributed by atoms with van der Waals surface area (Å²) in [5.74, 6) is 0.914. The van der Waals surface area contributed by atoms with Gasteiger partial charge in [-0.1, -0.05) is 61.9 Å². The van der Waals surface area contributed by atoms with Crippen molar-refractivity contribution in [2.75, 3.05) is 0 Å². The molecule has 2 aromatic carbocycles. The first kappa shape index (κ1) is 16.7. The Morgan fingerprint density at radius 1 is 1.12 bits per heavy atom. The van der Waals surface area contributed by atoms with Gasteiger partial charge >= 0.3 is 0 Å². The van der Waals surface area contributed by atoms with Gasteiger partial charge in [-0.3, -0.25) is 10.3 Å². The molecule has 0 bridgehead atoms. The van der Waals surface area contributed by atoms with E-state index in [2.05, 4.69) is 50.4 Å². The largest absolute Gasteiger partial charge is 0.508 e. The second-order valence-electron chi connectivity index (χ2n) is 7.07. The lowest BCUT2D eigenvalue weighted by atomic mass is 9.93. The Balaban J connectivity index is 1.93. The van der Waals surface area contributed by atoms with Crippen molar-refractivity contribution in [1.82, 2.24) is 5.32 Å². The number of phenolic OH excluding ortho intramolecular Hbond substituents is 1. The Labute approximate surface area is 144 Å². The molecule has 1 heterocycles. The molecular formula is C21H26N2O. The number of benzene rings is 2. The summed E-state index contributed by atoms with van der Waals surface area (Å²) in [6.07, 6.45) is 1.86. The maximum Gasteiger partial charge on any atom is 0.120 e. The molecule has 2 atom stereocenters. The highest BCUT2D eigenvalue weighted by atomic mass is 16.3. The van der Waals surface area contributed by atoms with Crippen LogP contribution in [-0.4, -0.2) is 17.0 Å². The highest BCUT2D eigenvalue weighted by Gasteiger charge is 2.26. The molecule has 2 aromatic rings. The summed E-state index contributed by atoms with van der Waals surface area (Å²) in [4.78, 5) is 4.95. The van der Waals surface area contributed by atoms with Crippen molar-refractivity contribution in [2.45, 2.75) is 45.8 Å². The van der Waals surface area contributed by atoms with Crippen molar-refractivity contribution in [3.05, 3.63) is 65.2 Å². The molecule has 0 fully saturated rings. The van der Waals surface area contributed by atoms with E-state index in [-0.39, 0.29) is 12.2 Å². The molecule has 24 heavy (non-hydrogen) atoms. The SMILES string of the molecule is Cc1ccc(C2=N[C@H](CC(C)C)N[C@@H](c3ccccc3O)C2)cc1. The van der Waals surface area contributed by atoms with E-state index in [4.69, 9.17) is 4.99 Å². The van der Waals surface area contributed by atoms with Crippen molar-refractivity contribution >= 4 is 5.71 Å². The van der Waals surface area contributed by atoms with Gasteiger partial charge in [0.2, 0.25) is 0 Å². The van der Waals surface area contributed by atoms with Gasteiger partial charge < -0.3 is 5.11 Å². The molecule has 3 rings (SSSR count). The fourth-order valence-corrected chi connectivity index (χ4v) is 3.25. The van der Waals surface area contributed by atoms with Gasteiger partial charge in [-0.15, -0.1) is 0 Å². The van der Waals surface area contributed by atoms with Gasteiger partial charge in [-0.25, -0.2) is 0 Å². The molecule has 0 saturated heterocycles. The first-order valence-electron chi connectivity index (χ1n) is 8.70. The molecule has 0 unspecified atom stereocenters. The number of hydrogen-bond acceptors (Lipinski definition) is 3. The van der Waals surface area contributed by atoms with Crippen molar-refractivity contribution in [3.63, 3.8) is 0 Å². The van der Waals surface area contributed by atoms with Crippen molar-refractivity contribution in [3.8, 4) is 5.75 Å². The standard InChI is InChI=1S/C21H26N2O/c1-14(2)12-21-22-18(16-10-8-15(3)9-11-16)13-19(23-21)17-6-4-5-7-20(17)24/h4-11,14,19,21,23-24H,12-13H2,1-3H3/t19-,21+/m1/s1. The molecule has 0 radical (unpaired) electrons. The summed E-state index contributed by atoms with van der Waals surface area (Å²) >= 11 is 0. The first-order chi connectivity index (χ1) is 11.5. The van der Waals surface area contributed by atoms with Crippen LogP contribution in [0.4, 0.5) is 0 Å². The van der Waals surface area contributed by atoms with E-state index >= 15 is 0 Å². The lowest BCUT2D eigenvalue weighted by molar-refractivity contribution is 0.363. The van der Waals surface area contributed by atoms with Crippen LogP contribution in [0.3, 0.4) is 0 Å². The summed E-state index contributed by atoms with van der Waals surface area (Å²) in [5, 5.41) is 13.8. The molecule has 3 nitrogen and oxygen atoms in total. The topological polar surface area (TPSA) is 44.6 Å². The van der Waals surface area contributed by atoms with Crippen LogP contribution in [-0.2, 0) is 0 Å². The summed E-state index contributed by atoms with van der Waals surface area (Å²) in [6.45, 7) is 6.53. The maximum absolute atomic E-state index is 10.2. The van der Waals surface area contributed by atoms with E-state index in [1.54, 1.807) is 6.07 Å². The molecule has 1 aliphatic rings. The fourth-order valence-electron chi connectivity index (χ4n) is 3.25. The van der Waals surface area contributed by atoms with E-state index in [1.165, 1.54) is 11.1 Å². The van der Waals surface area contributed by atoms with Crippen LogP contribution < -0.4 is 5.32 Å². The zero-order chi connectivity index (χ0) is 17.1. The summed E-state index contributed by atoms with van der Waals surface area (Å²) < 4.78 is 0. The third-order valence-corrected chi connectivity index (χ3v) is 4.49. The number of nitrogens with zero attached hydrogens (tertiary/aromatic N) is 1. The van der Waals surface area contributed by atoms with Gasteiger partial charge in [0.1, 0.15) is 11.9 Å². The number of rotatable bonds is 4. The van der Waals surface area contributed by atoms with Gasteiger partial charge in [0.05, 0.1) is 0 Å². The van der Waals surface area contributed by atoms with Gasteiger partial charge in [-0.2, -0.15) is 0 Å². The van der Waals surface area contributed by atoms with E-state index in [0.29, 0.717) is 11.7 Å². The van der Waals surface area contributed by atoms with Gasteiger partial charge in [0.25, 0.3) is 0 Å². The highest BCUT2D eigenvalue weighted by molar-refractivity contribution is 6.01. The Bertz CT molecular complexity index is 719. The van der Waals surface area contributed by atoms with Crippen molar-refractivity contribution < 1.29 is 5.11 Å². The number of phenols is 1. The molecule has 126 valence electrons. The Kier molecular flexibility index (Phi) is 5.00. The van der Waals surface area contributed by atoms with Crippen LogP contribution in [0.15, 0.2) is 53.5 Å². The van der Waals surface area contributed by atoms with Gasteiger partial charge in [0, 0.05) is 23.7 Å². The molecule has 2 N–H and O–H groups in total. The monoisotopic (exact) mass is 322 g/mol. The molecule has 1 aliphatic heterocycles. The first-order valence-corrected chi connectivity index (χ1v) is 8.70. The summed E-state index contributed by atoms with van der Waals surface area (Å²) in [6, 6.07) is 16.2. The molecular weight excluding hydrogens is 296 g/mol. The lowest BCUT2D eigenvalue weighted by Gasteiger charge is -2.31. The average Bonchev–Trinajstić information content (AvgIpc) is 2.55. The van der Waals surface area contributed by atoms with Crippen LogP contribution in [0.5, 0.6) is 5.75 Å². The van der Waals surface area contributed by atoms with Crippen LogP contribution in [0.25, 0.3) is 0 Å². The molecule has 0 aliphatic carbocycles. The number of nitrogens with one attached hydrogen (secondary N) is 1. The Morgan fingerprint density at radius 2 is 1.83 bits per heavy atom. The number of para-hydroxylation sites is 1. The maximum atomic E-state index is 10.2. The van der Waals surface area contributed by atoms with E-state index in [0.717, 1.165) is 24.1 Å². The van der Waals surface area contributed by atoms with E-state index < -0.39 is 0 Å². The minimum absolute atomic E-state index is 0.0830. The van der Waals surface area contributed by atoms with Crippen LogP contribution >= 0.6 is 0 Å². The molecule has 0 saturated carbocycles. The molecule has 3 heteroatoms. The summed E-state index contributed by atoms with van der Waals surface area (Å²) in [5.41, 5.74) is 4.50. The highest BCUT2D eigenvalue weighted by Crippen LogP contribution is 2.31. The predicted octanol–water partition coefficient (Wildman–Crippen LogP) is 4.60. The average molecular weight is 322 g/mol. The second kappa shape index (κ2) is 7.18. The van der Waals surface area contributed by atoms with E-state index in [9.17, 15) is 5.11 Å². The minimum atomic E-state index is 0.0830. The second-order valence-corrected chi connectivity index (χ2v) is 7.07. The number of aryl methyl sites for hydroxylation is 1. The number of hydrogen-bond donors (Lipinski definition) is 2. The zero-order valence-corrected chi connectivity index (χ0v) is 14.7. The predicted molar refractivity (Wildman–Crippen MR) is 99.6 cm³/mol. The van der Waals surface area contributed by atoms with Crippen molar-refractivity contribution in [1.29, 1.82) is 0 Å². The van der Waals surface area contributed by atoms with Crippen LogP contribution in [0.2, 0.25) is 0 Å². The Hall–Kier alpha value is -2.13. The normalized spacial score (nSPS) is 20.9. The van der Waals surface area contributed by atoms with Crippen LogP contribution in [0, 0.1) is 12.8 Å². The Morgan fingerprint density at radius 3 is 2.50 bits per heavy atom. The van der Waals surface area contributed by atoms with Crippen LogP contribution in [0.1, 0.15) is 49.4 Å². The third-order valence-electron chi connectivity index (χ3n) is 4.49. The fraction of sp³-hybridized carbons (Fsp3) is 0.381. The molecule has 0 amide bonds. The van der Waals surface area contributed by atoms with Gasteiger partial charge in [-0.05, 0) is 30.9 Å². The quantitative estimate of drug-likeness (QED) is 0.864. The smallest absolute Gasteiger partial charge is 0.120 e. The summed E-state index contributed by atoms with van der Waals surface area (Å²) in [7, 11) is 0. The lowest BCUT2D eigenvalue weighted by Crippen LogP contribution is -2.39. The zero-order valence-electron chi connectivity index (χ0n) is 14.7. The number of aromatic hydroxyl groups is 1. The molecule has 0 spiro atoms. The van der Waals surface area contributed by atoms with Gasteiger partial charge in [0.15, 0.2) is 0 Å². The van der Waals surface area contributed by atoms with Crippen molar-refractivity contribution in [2.24, 2.45) is 10.9 Å². The molecule has 0 aromatic heterocycles.